The van der Waals surface area contributed by atoms with Crippen LogP contribution in [0.25, 0.3) is 0 Å². The first-order chi connectivity index (χ1) is 11.9. The van der Waals surface area contributed by atoms with E-state index in [2.05, 4.69) is 0 Å². The van der Waals surface area contributed by atoms with E-state index >= 15 is 0 Å². The average Bonchev–Trinajstić information content (AvgIpc) is 2.87. The van der Waals surface area contributed by atoms with Gasteiger partial charge in [-0.05, 0) is 43.7 Å². The summed E-state index contributed by atoms with van der Waals surface area (Å²) in [5.74, 6) is -0.724. The third-order valence-electron chi connectivity index (χ3n) is 4.33. The van der Waals surface area contributed by atoms with Crippen LogP contribution in [-0.4, -0.2) is 23.9 Å². The molecule has 5 heteroatoms. The topological polar surface area (TPSA) is 66.8 Å². The average molecular weight is 337 g/mol. The largest absolute Gasteiger partial charge is 0.503 e. The van der Waals surface area contributed by atoms with Gasteiger partial charge in [0.1, 0.15) is 5.75 Å². The molecule has 0 bridgehead atoms. The molecule has 0 spiro atoms. The zero-order chi connectivity index (χ0) is 18.1. The Kier molecular flexibility index (Phi) is 4.31. The van der Waals surface area contributed by atoms with Gasteiger partial charge in [0.05, 0.1) is 18.7 Å². The summed E-state index contributed by atoms with van der Waals surface area (Å²) in [6.45, 7) is 3.31. The quantitative estimate of drug-likeness (QED) is 0.927. The lowest BCUT2D eigenvalue weighted by atomic mass is 9.96. The van der Waals surface area contributed by atoms with Crippen LogP contribution in [0.5, 0.6) is 5.75 Å². The lowest BCUT2D eigenvalue weighted by Gasteiger charge is -2.27. The smallest absolute Gasteiger partial charge is 0.294 e. The molecule has 2 aromatic rings. The van der Waals surface area contributed by atoms with E-state index < -0.39 is 17.7 Å². The Morgan fingerprint density at radius 1 is 1.08 bits per heavy atom. The second-order valence-electron chi connectivity index (χ2n) is 6.00. The fraction of sp³-hybridized carbons (Fsp3) is 0.200. The highest BCUT2D eigenvalue weighted by atomic mass is 16.5. The molecule has 1 N–H and O–H groups in total. The van der Waals surface area contributed by atoms with Gasteiger partial charge in [-0.1, -0.05) is 29.8 Å². The number of ether oxygens (including phenoxy) is 1. The van der Waals surface area contributed by atoms with Crippen molar-refractivity contribution in [3.8, 4) is 5.75 Å². The van der Waals surface area contributed by atoms with Crippen LogP contribution in [0.3, 0.4) is 0 Å². The molecule has 0 aliphatic carbocycles. The maximum Gasteiger partial charge on any atom is 0.294 e. The monoisotopic (exact) mass is 337 g/mol. The van der Waals surface area contributed by atoms with Crippen LogP contribution in [0.4, 0.5) is 5.69 Å². The Bertz CT molecular complexity index is 850. The number of nitrogens with zero attached hydrogens (tertiary/aromatic N) is 1. The van der Waals surface area contributed by atoms with E-state index in [-0.39, 0.29) is 11.4 Å². The van der Waals surface area contributed by atoms with Crippen LogP contribution < -0.4 is 9.64 Å². The number of rotatable bonds is 4. The molecule has 1 aliphatic rings. The highest BCUT2D eigenvalue weighted by Crippen LogP contribution is 2.41. The van der Waals surface area contributed by atoms with E-state index in [1.165, 1.54) is 11.8 Å². The number of hydrogen-bond acceptors (Lipinski definition) is 4. The summed E-state index contributed by atoms with van der Waals surface area (Å²) in [7, 11) is 1.57. The molecule has 0 unspecified atom stereocenters. The summed E-state index contributed by atoms with van der Waals surface area (Å²) in [5.41, 5.74) is 2.51. The number of hydrogen-bond donors (Lipinski definition) is 1. The molecule has 0 saturated carbocycles. The zero-order valence-electron chi connectivity index (χ0n) is 14.3. The molecule has 1 aliphatic heterocycles. The van der Waals surface area contributed by atoms with Crippen molar-refractivity contribution in [2.75, 3.05) is 12.0 Å². The Hall–Kier alpha value is -3.08. The minimum atomic E-state index is -0.668. The van der Waals surface area contributed by atoms with Crippen molar-refractivity contribution in [1.82, 2.24) is 0 Å². The number of benzene rings is 2. The van der Waals surface area contributed by atoms with Crippen LogP contribution in [0.1, 0.15) is 24.1 Å². The molecular weight excluding hydrogens is 318 g/mol. The normalized spacial score (nSPS) is 17.2. The highest BCUT2D eigenvalue weighted by molar-refractivity contribution is 6.16. The van der Waals surface area contributed by atoms with Crippen molar-refractivity contribution in [3.63, 3.8) is 0 Å². The first-order valence-electron chi connectivity index (χ1n) is 7.92. The first-order valence-corrected chi connectivity index (χ1v) is 7.92. The molecule has 0 radical (unpaired) electrons. The summed E-state index contributed by atoms with van der Waals surface area (Å²) >= 11 is 0. The summed E-state index contributed by atoms with van der Waals surface area (Å²) in [5, 5.41) is 10.3. The number of aliphatic hydroxyl groups excluding tert-OH is 1. The van der Waals surface area contributed by atoms with Crippen molar-refractivity contribution >= 4 is 17.4 Å². The molecule has 2 aromatic carbocycles. The van der Waals surface area contributed by atoms with Gasteiger partial charge >= 0.3 is 0 Å². The van der Waals surface area contributed by atoms with E-state index in [9.17, 15) is 14.7 Å². The van der Waals surface area contributed by atoms with Crippen LogP contribution >= 0.6 is 0 Å². The van der Waals surface area contributed by atoms with Gasteiger partial charge in [0.25, 0.3) is 5.91 Å². The van der Waals surface area contributed by atoms with Crippen molar-refractivity contribution < 1.29 is 19.4 Å². The van der Waals surface area contributed by atoms with Gasteiger partial charge in [-0.25, -0.2) is 0 Å². The lowest BCUT2D eigenvalue weighted by molar-refractivity contribution is -0.117. The second-order valence-corrected chi connectivity index (χ2v) is 6.00. The highest BCUT2D eigenvalue weighted by Gasteiger charge is 2.43. The van der Waals surface area contributed by atoms with Crippen molar-refractivity contribution in [3.05, 3.63) is 71.0 Å². The molecule has 0 fully saturated rings. The van der Waals surface area contributed by atoms with Crippen LogP contribution in [0.15, 0.2) is 59.9 Å². The maximum absolute atomic E-state index is 12.7. The minimum Gasteiger partial charge on any atom is -0.503 e. The molecule has 128 valence electrons. The summed E-state index contributed by atoms with van der Waals surface area (Å²) < 4.78 is 5.16. The van der Waals surface area contributed by atoms with Gasteiger partial charge in [0, 0.05) is 5.69 Å². The van der Waals surface area contributed by atoms with E-state index in [1.54, 1.807) is 43.5 Å². The molecule has 0 aromatic heterocycles. The van der Waals surface area contributed by atoms with E-state index in [0.29, 0.717) is 11.4 Å². The lowest BCUT2D eigenvalue weighted by Crippen LogP contribution is -2.30. The van der Waals surface area contributed by atoms with Gasteiger partial charge in [-0.3, -0.25) is 14.5 Å². The molecular formula is C20H19NO4. The van der Waals surface area contributed by atoms with Crippen molar-refractivity contribution in [2.45, 2.75) is 19.9 Å². The predicted molar refractivity (Wildman–Crippen MR) is 94.7 cm³/mol. The maximum atomic E-state index is 12.7. The van der Waals surface area contributed by atoms with Crippen LogP contribution in [-0.2, 0) is 9.59 Å². The number of methoxy groups -OCH3 is 1. The third kappa shape index (κ3) is 2.89. The summed E-state index contributed by atoms with van der Waals surface area (Å²) in [6, 6.07) is 13.8. The number of ketones is 1. The van der Waals surface area contributed by atoms with Crippen molar-refractivity contribution in [1.29, 1.82) is 0 Å². The Balaban J connectivity index is 2.13. The molecule has 1 atom stereocenters. The number of carbonyl (C=O) groups excluding carboxylic acids is 2. The van der Waals surface area contributed by atoms with Gasteiger partial charge in [0.2, 0.25) is 0 Å². The number of anilines is 1. The Labute approximate surface area is 146 Å². The molecule has 5 nitrogen and oxygen atoms in total. The third-order valence-corrected chi connectivity index (χ3v) is 4.33. The molecule has 3 rings (SSSR count). The molecule has 1 heterocycles. The Morgan fingerprint density at radius 2 is 1.68 bits per heavy atom. The van der Waals surface area contributed by atoms with Crippen LogP contribution in [0, 0.1) is 6.92 Å². The van der Waals surface area contributed by atoms with Crippen LogP contribution in [0.2, 0.25) is 0 Å². The van der Waals surface area contributed by atoms with Gasteiger partial charge < -0.3 is 9.84 Å². The summed E-state index contributed by atoms with van der Waals surface area (Å²) in [4.78, 5) is 26.2. The molecule has 0 saturated heterocycles. The fourth-order valence-corrected chi connectivity index (χ4v) is 3.04. The predicted octanol–water partition coefficient (Wildman–Crippen LogP) is 3.49. The van der Waals surface area contributed by atoms with E-state index in [1.807, 2.05) is 19.1 Å². The minimum absolute atomic E-state index is 0.107. The SMILES string of the molecule is COc1ccc([C@H]2C(C(C)=O)=C(O)C(=O)N2c2ccc(C)cc2)cc1. The standard InChI is InChI=1S/C20H19NO4/c1-12-4-8-15(9-5-12)21-18(14-6-10-16(25-3)11-7-14)17(13(2)22)19(23)20(21)24/h4-11,18,23H,1-3H3/t18-/m0/s1. The summed E-state index contributed by atoms with van der Waals surface area (Å²) in [6.07, 6.45) is 0. The molecule has 25 heavy (non-hydrogen) atoms. The zero-order valence-corrected chi connectivity index (χ0v) is 14.3. The first kappa shape index (κ1) is 16.8. The second kappa shape index (κ2) is 6.43. The number of aliphatic hydroxyl groups is 1. The number of Topliss-reactive ketones (excluding diaryl/α,β-unsaturated/α-hetero) is 1. The number of aryl methyl sites for hydroxylation is 1. The van der Waals surface area contributed by atoms with Crippen molar-refractivity contribution in [2.24, 2.45) is 0 Å². The van der Waals surface area contributed by atoms with E-state index in [0.717, 1.165) is 11.1 Å². The Morgan fingerprint density at radius 3 is 2.20 bits per heavy atom. The number of amides is 1. The number of carbonyl (C=O) groups is 2. The fourth-order valence-electron chi connectivity index (χ4n) is 3.04. The van der Waals surface area contributed by atoms with Gasteiger partial charge in [0.15, 0.2) is 11.5 Å². The molecule has 1 amide bonds. The van der Waals surface area contributed by atoms with E-state index in [4.69, 9.17) is 4.74 Å². The van der Waals surface area contributed by atoms with Gasteiger partial charge in [-0.15, -0.1) is 0 Å². The van der Waals surface area contributed by atoms with Gasteiger partial charge in [-0.2, -0.15) is 0 Å².